The highest BCUT2D eigenvalue weighted by atomic mass is 19.4. The van der Waals surface area contributed by atoms with E-state index in [1.165, 1.54) is 4.90 Å². The van der Waals surface area contributed by atoms with Crippen LogP contribution < -0.4 is 0 Å². The quantitative estimate of drug-likeness (QED) is 0.728. The van der Waals surface area contributed by atoms with Gasteiger partial charge in [0.1, 0.15) is 11.4 Å². The van der Waals surface area contributed by atoms with Crippen LogP contribution in [0.1, 0.15) is 42.8 Å². The fourth-order valence-electron chi connectivity index (χ4n) is 2.31. The van der Waals surface area contributed by atoms with Gasteiger partial charge in [0, 0.05) is 13.1 Å². The largest absolute Gasteiger partial charge is 0.464 e. The highest BCUT2D eigenvalue weighted by Crippen LogP contribution is 2.33. The molecule has 7 nitrogen and oxygen atoms in total. The van der Waals surface area contributed by atoms with Crippen molar-refractivity contribution in [3.8, 4) is 0 Å². The van der Waals surface area contributed by atoms with Gasteiger partial charge in [-0.05, 0) is 20.8 Å². The van der Waals surface area contributed by atoms with E-state index in [0.29, 0.717) is 0 Å². The monoisotopic (exact) mass is 349 g/mol. The summed E-state index contributed by atoms with van der Waals surface area (Å²) < 4.78 is 50.1. The number of nitrogens with zero attached hydrogens (tertiary/aromatic N) is 3. The van der Waals surface area contributed by atoms with Crippen molar-refractivity contribution in [2.45, 2.75) is 45.6 Å². The number of rotatable bonds is 1. The molecule has 24 heavy (non-hydrogen) atoms. The number of carbonyl (C=O) groups is 2. The van der Waals surface area contributed by atoms with Crippen LogP contribution in [0.25, 0.3) is 0 Å². The first-order valence-corrected chi connectivity index (χ1v) is 7.17. The molecular formula is C14H18F3N3O4. The van der Waals surface area contributed by atoms with Crippen molar-refractivity contribution in [3.63, 3.8) is 0 Å². The lowest BCUT2D eigenvalue weighted by atomic mass is 10.2. The van der Waals surface area contributed by atoms with E-state index in [9.17, 15) is 22.8 Å². The molecule has 0 saturated heterocycles. The predicted octanol–water partition coefficient (Wildman–Crippen LogP) is 2.44. The van der Waals surface area contributed by atoms with Crippen LogP contribution in [-0.2, 0) is 28.7 Å². The zero-order chi connectivity index (χ0) is 18.3. The van der Waals surface area contributed by atoms with Gasteiger partial charge >= 0.3 is 18.2 Å². The minimum absolute atomic E-state index is 0.0118. The number of alkyl halides is 3. The average Bonchev–Trinajstić information content (AvgIpc) is 2.83. The number of hydrogen-bond donors (Lipinski definition) is 0. The SMILES string of the molecule is COC(=O)c1c(C(F)(F)F)nc2n1CCN(C(=O)OC(C)(C)C)C2. The summed E-state index contributed by atoms with van der Waals surface area (Å²) in [6.07, 6.45) is -5.45. The van der Waals surface area contributed by atoms with Crippen molar-refractivity contribution >= 4 is 12.1 Å². The third-order valence-electron chi connectivity index (χ3n) is 3.27. The molecule has 134 valence electrons. The molecule has 0 spiro atoms. The van der Waals surface area contributed by atoms with Crippen LogP contribution in [0.5, 0.6) is 0 Å². The lowest BCUT2D eigenvalue weighted by molar-refractivity contribution is -0.141. The average molecular weight is 349 g/mol. The van der Waals surface area contributed by atoms with Gasteiger partial charge in [-0.25, -0.2) is 14.6 Å². The van der Waals surface area contributed by atoms with Gasteiger partial charge in [-0.1, -0.05) is 0 Å². The Morgan fingerprint density at radius 1 is 1.17 bits per heavy atom. The number of methoxy groups -OCH3 is 1. The molecule has 0 atom stereocenters. The third-order valence-corrected chi connectivity index (χ3v) is 3.27. The first-order valence-electron chi connectivity index (χ1n) is 7.17. The van der Waals surface area contributed by atoms with Gasteiger partial charge in [-0.2, -0.15) is 13.2 Å². The van der Waals surface area contributed by atoms with Gasteiger partial charge in [-0.15, -0.1) is 0 Å². The number of amides is 1. The summed E-state index contributed by atoms with van der Waals surface area (Å²) in [6, 6.07) is 0. The fourth-order valence-corrected chi connectivity index (χ4v) is 2.31. The molecule has 0 unspecified atom stereocenters. The van der Waals surface area contributed by atoms with Crippen LogP contribution in [0.2, 0.25) is 0 Å². The summed E-state index contributed by atoms with van der Waals surface area (Å²) in [5, 5.41) is 0. The minimum Gasteiger partial charge on any atom is -0.464 e. The molecule has 0 radical (unpaired) electrons. The van der Waals surface area contributed by atoms with Crippen LogP contribution in [0.4, 0.5) is 18.0 Å². The molecule has 1 aromatic rings. The van der Waals surface area contributed by atoms with Crippen LogP contribution >= 0.6 is 0 Å². The molecule has 0 N–H and O–H groups in total. The molecule has 0 aromatic carbocycles. The molecule has 2 rings (SSSR count). The molecule has 1 aromatic heterocycles. The van der Waals surface area contributed by atoms with Crippen molar-refractivity contribution in [2.24, 2.45) is 0 Å². The summed E-state index contributed by atoms with van der Waals surface area (Å²) in [5.74, 6) is -1.16. The summed E-state index contributed by atoms with van der Waals surface area (Å²) in [6.45, 7) is 4.96. The van der Waals surface area contributed by atoms with Gasteiger partial charge in [0.15, 0.2) is 11.4 Å². The van der Waals surface area contributed by atoms with Crippen molar-refractivity contribution in [1.82, 2.24) is 14.5 Å². The van der Waals surface area contributed by atoms with Gasteiger partial charge in [0.05, 0.1) is 13.7 Å². The number of aromatic nitrogens is 2. The Hall–Kier alpha value is -2.26. The molecule has 0 fully saturated rings. The number of halogens is 3. The van der Waals surface area contributed by atoms with Crippen LogP contribution in [0, 0.1) is 0 Å². The second-order valence-corrected chi connectivity index (χ2v) is 6.27. The fraction of sp³-hybridized carbons (Fsp3) is 0.643. The molecule has 0 aliphatic carbocycles. The minimum atomic E-state index is -4.80. The zero-order valence-corrected chi connectivity index (χ0v) is 13.7. The van der Waals surface area contributed by atoms with E-state index in [4.69, 9.17) is 4.74 Å². The lowest BCUT2D eigenvalue weighted by Gasteiger charge is -2.30. The van der Waals surface area contributed by atoms with Crippen molar-refractivity contribution in [2.75, 3.05) is 13.7 Å². The van der Waals surface area contributed by atoms with E-state index in [0.717, 1.165) is 11.7 Å². The van der Waals surface area contributed by atoms with E-state index in [1.807, 2.05) is 0 Å². The number of hydrogen-bond acceptors (Lipinski definition) is 5. The van der Waals surface area contributed by atoms with Crippen molar-refractivity contribution in [3.05, 3.63) is 17.2 Å². The van der Waals surface area contributed by atoms with Gasteiger partial charge < -0.3 is 14.0 Å². The van der Waals surface area contributed by atoms with E-state index in [2.05, 4.69) is 9.72 Å². The Labute approximate surface area is 136 Å². The Morgan fingerprint density at radius 2 is 1.79 bits per heavy atom. The van der Waals surface area contributed by atoms with Crippen LogP contribution in [0.3, 0.4) is 0 Å². The van der Waals surface area contributed by atoms with Gasteiger partial charge in [-0.3, -0.25) is 4.90 Å². The third kappa shape index (κ3) is 3.62. The first-order chi connectivity index (χ1) is 10.9. The highest BCUT2D eigenvalue weighted by Gasteiger charge is 2.43. The molecule has 0 saturated carbocycles. The summed E-state index contributed by atoms with van der Waals surface area (Å²) in [4.78, 5) is 28.5. The number of fused-ring (bicyclic) bond motifs is 1. The second kappa shape index (κ2) is 5.99. The van der Waals surface area contributed by atoms with E-state index >= 15 is 0 Å². The number of esters is 1. The Bertz CT molecular complexity index is 661. The smallest absolute Gasteiger partial charge is 0.435 e. The lowest BCUT2D eigenvalue weighted by Crippen LogP contribution is -2.42. The summed E-state index contributed by atoms with van der Waals surface area (Å²) in [5.41, 5.74) is -2.68. The standard InChI is InChI=1S/C14H18F3N3O4/c1-13(2,3)24-12(22)19-5-6-20-8(7-19)18-10(14(15,16)17)9(20)11(21)23-4/h5-7H2,1-4H3. The maximum Gasteiger partial charge on any atom is 0.435 e. The number of ether oxygens (including phenoxy) is 2. The van der Waals surface area contributed by atoms with E-state index in [1.54, 1.807) is 20.8 Å². The van der Waals surface area contributed by atoms with E-state index in [-0.39, 0.29) is 25.5 Å². The normalized spacial score (nSPS) is 15.0. The van der Waals surface area contributed by atoms with Crippen molar-refractivity contribution < 1.29 is 32.2 Å². The molecule has 10 heteroatoms. The Morgan fingerprint density at radius 3 is 2.29 bits per heavy atom. The van der Waals surface area contributed by atoms with E-state index < -0.39 is 35.2 Å². The summed E-state index contributed by atoms with van der Waals surface area (Å²) in [7, 11) is 0.998. The molecule has 2 heterocycles. The van der Waals surface area contributed by atoms with Gasteiger partial charge in [0.25, 0.3) is 0 Å². The first kappa shape index (κ1) is 18.1. The topological polar surface area (TPSA) is 73.7 Å². The molecule has 0 bridgehead atoms. The predicted molar refractivity (Wildman–Crippen MR) is 75.2 cm³/mol. The zero-order valence-electron chi connectivity index (χ0n) is 13.7. The maximum atomic E-state index is 13.1. The Kier molecular flexibility index (Phi) is 4.51. The second-order valence-electron chi connectivity index (χ2n) is 6.27. The van der Waals surface area contributed by atoms with Crippen LogP contribution in [0.15, 0.2) is 0 Å². The molecule has 1 aliphatic heterocycles. The molecule has 1 aliphatic rings. The molecule has 1 amide bonds. The number of carbonyl (C=O) groups excluding carboxylic acids is 2. The van der Waals surface area contributed by atoms with Crippen LogP contribution in [-0.4, -0.2) is 45.8 Å². The summed E-state index contributed by atoms with van der Waals surface area (Å²) >= 11 is 0. The van der Waals surface area contributed by atoms with Crippen molar-refractivity contribution in [1.29, 1.82) is 0 Å². The highest BCUT2D eigenvalue weighted by molar-refractivity contribution is 5.89. The maximum absolute atomic E-state index is 13.1. The number of imidazole rings is 1. The Balaban J connectivity index is 2.34. The van der Waals surface area contributed by atoms with Gasteiger partial charge in [0.2, 0.25) is 0 Å². The molecular weight excluding hydrogens is 331 g/mol.